The Morgan fingerprint density at radius 3 is 0.887 bits per heavy atom. The number of nitrogens with one attached hydrogen (secondary N) is 1. The summed E-state index contributed by atoms with van der Waals surface area (Å²) in [6.07, 6.45) is 0. The summed E-state index contributed by atoms with van der Waals surface area (Å²) < 4.78 is 21.2. The summed E-state index contributed by atoms with van der Waals surface area (Å²) >= 11 is 7.57. The summed E-state index contributed by atoms with van der Waals surface area (Å²) in [4.78, 5) is 9.68. The van der Waals surface area contributed by atoms with Crippen LogP contribution >= 0.6 is 31.9 Å². The number of furan rings is 3. The Labute approximate surface area is 800 Å². The number of rotatable bonds is 18. The van der Waals surface area contributed by atoms with Gasteiger partial charge in [-0.05, 0) is 255 Å². The molecule has 12 heteroatoms. The first-order valence-corrected chi connectivity index (χ1v) is 48.0. The molecule has 133 heavy (non-hydrogen) atoms. The second-order valence-corrected chi connectivity index (χ2v) is 38.8. The summed E-state index contributed by atoms with van der Waals surface area (Å²) in [5.41, 5.74) is 37.3. The molecule has 3 aromatic heterocycles. The van der Waals surface area contributed by atoms with Gasteiger partial charge < -0.3 is 38.2 Å². The third-order valence-corrected chi connectivity index (χ3v) is 27.4. The standard InChI is InChI=1S/C69H58BN3O2.C33H34BBr2N.C18H13NO.CH4/c1-44(2)47-38-59(45(3)4)69(60(39-47)46(5)6)70-61-36-32-51(71(48-20-10-7-11-21-48)53-30-34-57-55-26-16-18-28-65(55)74-67(57)42-53)40-63(61)73(50-24-14-9-15-25-50)64-41-52(33-37-62(64)70)72(49-22-12-8-13-23-49)54-31-35-58-56-27-17-19-29-66(56)75-68(58)43-54;1-20(2)23-16-27(21(3)4)33(28(17-23)22(5)6)34-29-14-12-24(35)18-31(29)37(26-10-8-7-9-11-26)32-19-25(36)13-15-30(32)34;1-2-6-13(7-3-1)19-14-10-11-16-15-8-4-5-9-17(15)20-18(16)12-14;/h7-46H,1-6H3;7-22H,1-6H3;1-12,19H;1H4. The van der Waals surface area contributed by atoms with Gasteiger partial charge in [0.05, 0.1) is 0 Å². The lowest BCUT2D eigenvalue weighted by molar-refractivity contribution is 0.668. The Balaban J connectivity index is 0.000000161. The van der Waals surface area contributed by atoms with Gasteiger partial charge in [-0.15, -0.1) is 0 Å². The van der Waals surface area contributed by atoms with E-state index in [0.29, 0.717) is 23.7 Å². The second-order valence-electron chi connectivity index (χ2n) is 37.0. The second kappa shape index (κ2) is 37.5. The average molecular weight is 1860 g/mol. The van der Waals surface area contributed by atoms with Crippen LogP contribution in [0.4, 0.5) is 79.6 Å². The van der Waals surface area contributed by atoms with Gasteiger partial charge in [0.1, 0.15) is 33.5 Å². The van der Waals surface area contributed by atoms with E-state index in [-0.39, 0.29) is 32.7 Å². The predicted molar refractivity (Wildman–Crippen MR) is 578 cm³/mol. The fourth-order valence-electron chi connectivity index (χ4n) is 20.0. The van der Waals surface area contributed by atoms with Crippen molar-refractivity contribution in [2.45, 2.75) is 126 Å². The van der Waals surface area contributed by atoms with E-state index < -0.39 is 0 Å². The maximum atomic E-state index is 6.55. The van der Waals surface area contributed by atoms with Gasteiger partial charge in [-0.25, -0.2) is 0 Å². The highest BCUT2D eigenvalue weighted by Crippen LogP contribution is 2.48. The molecule has 0 bridgehead atoms. The van der Waals surface area contributed by atoms with Gasteiger partial charge in [-0.1, -0.05) is 327 Å². The van der Waals surface area contributed by atoms with E-state index in [1.165, 1.54) is 83.2 Å². The first-order chi connectivity index (χ1) is 64.2. The zero-order valence-electron chi connectivity index (χ0n) is 76.7. The molecule has 656 valence electrons. The van der Waals surface area contributed by atoms with Crippen LogP contribution in [-0.4, -0.2) is 13.4 Å². The molecule has 2 aliphatic heterocycles. The molecule has 0 radical (unpaired) electrons. The smallest absolute Gasteiger partial charge is 0.247 e. The number of hydrogen-bond donors (Lipinski definition) is 1. The molecule has 20 aromatic rings. The zero-order chi connectivity index (χ0) is 90.7. The van der Waals surface area contributed by atoms with Crippen molar-refractivity contribution < 1.29 is 13.3 Å². The largest absolute Gasteiger partial charge is 0.456 e. The molecule has 2 aliphatic rings. The highest BCUT2D eigenvalue weighted by atomic mass is 79.9. The van der Waals surface area contributed by atoms with E-state index in [0.717, 1.165) is 137 Å². The minimum atomic E-state index is -0.0803. The molecule has 0 atom stereocenters. The topological polar surface area (TPSA) is 64.4 Å². The first kappa shape index (κ1) is 88.5. The van der Waals surface area contributed by atoms with E-state index >= 15 is 0 Å². The Bertz CT molecular complexity index is 7340. The minimum Gasteiger partial charge on any atom is -0.456 e. The maximum Gasteiger partial charge on any atom is 0.247 e. The third-order valence-electron chi connectivity index (χ3n) is 26.4. The van der Waals surface area contributed by atoms with Crippen molar-refractivity contribution in [1.82, 2.24) is 0 Å². The maximum absolute atomic E-state index is 6.55. The molecule has 0 saturated heterocycles. The number of benzene rings is 17. The predicted octanol–water partition coefficient (Wildman–Crippen LogP) is 32.9. The van der Waals surface area contributed by atoms with E-state index in [1.807, 2.05) is 66.7 Å². The molecule has 0 aliphatic carbocycles. The van der Waals surface area contributed by atoms with Gasteiger partial charge in [-0.3, -0.25) is 0 Å². The molecule has 0 amide bonds. The lowest BCUT2D eigenvalue weighted by atomic mass is 9.33. The molecule has 0 spiro atoms. The van der Waals surface area contributed by atoms with E-state index in [4.69, 9.17) is 13.3 Å². The first-order valence-electron chi connectivity index (χ1n) is 46.4. The van der Waals surface area contributed by atoms with Crippen LogP contribution in [0.15, 0.2) is 398 Å². The van der Waals surface area contributed by atoms with E-state index in [9.17, 15) is 0 Å². The lowest BCUT2D eigenvalue weighted by Gasteiger charge is -2.40. The van der Waals surface area contributed by atoms with Crippen LogP contribution in [0.3, 0.4) is 0 Å². The molecule has 22 rings (SSSR count). The van der Waals surface area contributed by atoms with Crippen molar-refractivity contribution in [2.24, 2.45) is 0 Å². The van der Waals surface area contributed by atoms with E-state index in [2.05, 4.69) is 449 Å². The minimum absolute atomic E-state index is 0. The monoisotopic (exact) mass is 1860 g/mol. The van der Waals surface area contributed by atoms with Crippen molar-refractivity contribution >= 4 is 224 Å². The lowest BCUT2D eigenvalue weighted by Crippen LogP contribution is -2.59. The number of nitrogens with zero attached hydrogens (tertiary/aromatic N) is 4. The van der Waals surface area contributed by atoms with Crippen molar-refractivity contribution in [2.75, 3.05) is 24.9 Å². The summed E-state index contributed by atoms with van der Waals surface area (Å²) in [5.74, 6) is 2.32. The summed E-state index contributed by atoms with van der Waals surface area (Å²) in [7, 11) is 0. The highest BCUT2D eigenvalue weighted by Gasteiger charge is 2.42. The Morgan fingerprint density at radius 1 is 0.248 bits per heavy atom. The van der Waals surface area contributed by atoms with Gasteiger partial charge in [0.25, 0.3) is 0 Å². The molecule has 1 N–H and O–H groups in total. The van der Waals surface area contributed by atoms with Crippen LogP contribution in [0.2, 0.25) is 0 Å². The van der Waals surface area contributed by atoms with Crippen molar-refractivity contribution in [3.8, 4) is 0 Å². The van der Waals surface area contributed by atoms with Gasteiger partial charge in [0, 0.05) is 139 Å². The Morgan fingerprint density at radius 2 is 0.534 bits per heavy atom. The quantitative estimate of drug-likeness (QED) is 0.0853. The third kappa shape index (κ3) is 17.0. The van der Waals surface area contributed by atoms with E-state index in [1.54, 1.807) is 0 Å². The van der Waals surface area contributed by atoms with Crippen LogP contribution in [0.5, 0.6) is 0 Å². The Hall–Kier alpha value is -13.8. The SMILES string of the molecule is C.CC(C)c1cc(C(C)C)c(B2c3ccc(Br)cc3N(c3ccccc3)c3cc(Br)ccc32)c(C(C)C)c1.CC(C)c1cc(C(C)C)c(B2c3ccc(N(c4ccccc4)c4ccc5c(c4)oc4ccccc45)cc3N(c3ccccc3)c3cc(N(c4ccccc4)c4ccc5c(c4)oc4ccccc45)ccc32)c(C(C)C)c1.c1ccc(Nc2ccc3c(c2)oc2ccccc23)cc1. The normalized spacial score (nSPS) is 12.3. The van der Waals surface area contributed by atoms with Crippen LogP contribution < -0.4 is 57.7 Å². The van der Waals surface area contributed by atoms with Crippen molar-refractivity contribution in [3.05, 3.63) is 418 Å². The van der Waals surface area contributed by atoms with Crippen molar-refractivity contribution in [1.29, 1.82) is 0 Å². The fourth-order valence-corrected chi connectivity index (χ4v) is 20.7. The van der Waals surface area contributed by atoms with Gasteiger partial charge in [-0.2, -0.15) is 0 Å². The number of anilines is 14. The zero-order valence-corrected chi connectivity index (χ0v) is 79.9. The molecule has 0 fully saturated rings. The molecule has 17 aromatic carbocycles. The molecular weight excluding hydrogens is 1750 g/mol. The summed E-state index contributed by atoms with van der Waals surface area (Å²) in [5, 5.41) is 10.1. The molecule has 8 nitrogen and oxygen atoms in total. The number of para-hydroxylation sites is 8. The Kier molecular flexibility index (Phi) is 24.9. The molecule has 5 heterocycles. The van der Waals surface area contributed by atoms with Gasteiger partial charge in [0.2, 0.25) is 13.4 Å². The van der Waals surface area contributed by atoms with Crippen LogP contribution in [-0.2, 0) is 0 Å². The van der Waals surface area contributed by atoms with Crippen LogP contribution in [0, 0.1) is 0 Å². The molecule has 0 unspecified atom stereocenters. The summed E-state index contributed by atoms with van der Waals surface area (Å²) in [6.45, 7) is 28.2. The van der Waals surface area contributed by atoms with Crippen LogP contribution in [0.25, 0.3) is 65.8 Å². The van der Waals surface area contributed by atoms with Crippen molar-refractivity contribution in [3.63, 3.8) is 0 Å². The van der Waals surface area contributed by atoms with Gasteiger partial charge >= 0.3 is 0 Å². The van der Waals surface area contributed by atoms with Crippen LogP contribution in [0.1, 0.15) is 159 Å². The summed E-state index contributed by atoms with van der Waals surface area (Å²) in [6, 6.07) is 135. The molecular formula is C121H109B2Br2N5O3. The molecule has 0 saturated carbocycles. The average Bonchev–Trinajstić information content (AvgIpc) is 1.58. The fraction of sp³-hybridized carbons (Fsp3) is 0.157. The number of fused-ring (bicyclic) bond motifs is 13. The number of hydrogen-bond acceptors (Lipinski definition) is 8. The number of halogens is 2. The van der Waals surface area contributed by atoms with Gasteiger partial charge in [0.15, 0.2) is 0 Å². The highest BCUT2D eigenvalue weighted by molar-refractivity contribution is 9.10.